The second-order valence-corrected chi connectivity index (χ2v) is 7.07. The lowest BCUT2D eigenvalue weighted by molar-refractivity contribution is -0.149. The van der Waals surface area contributed by atoms with Gasteiger partial charge >= 0.3 is 5.97 Å². The fourth-order valence-corrected chi connectivity index (χ4v) is 4.19. The summed E-state index contributed by atoms with van der Waals surface area (Å²) in [6.45, 7) is 7.38. The highest BCUT2D eigenvalue weighted by molar-refractivity contribution is 6.08. The number of hydrogen-bond acceptors (Lipinski definition) is 6. The summed E-state index contributed by atoms with van der Waals surface area (Å²) in [5, 5.41) is 0.456. The zero-order chi connectivity index (χ0) is 19.2. The van der Waals surface area contributed by atoms with Crippen molar-refractivity contribution in [1.29, 1.82) is 0 Å². The molecule has 2 aromatic rings. The quantitative estimate of drug-likeness (QED) is 0.804. The molecule has 0 bridgehead atoms. The van der Waals surface area contributed by atoms with Gasteiger partial charge in [0.1, 0.15) is 23.4 Å². The maximum absolute atomic E-state index is 11.9. The molecule has 2 heterocycles. The van der Waals surface area contributed by atoms with Crippen molar-refractivity contribution in [1.82, 2.24) is 14.5 Å². The molecule has 0 aliphatic heterocycles. The molecule has 1 aliphatic carbocycles. The number of nitrogen functional groups attached to an aromatic ring is 1. The fourth-order valence-electron chi connectivity index (χ4n) is 4.19. The summed E-state index contributed by atoms with van der Waals surface area (Å²) in [6, 6.07) is -0.136. The van der Waals surface area contributed by atoms with Crippen LogP contribution in [0.5, 0.6) is 0 Å². The third-order valence-electron chi connectivity index (χ3n) is 5.45. The van der Waals surface area contributed by atoms with Crippen molar-refractivity contribution in [2.24, 2.45) is 17.6 Å². The molecule has 4 N–H and O–H groups in total. The average molecular weight is 359 g/mol. The molecule has 0 radical (unpaired) electrons. The van der Waals surface area contributed by atoms with Crippen LogP contribution in [0.2, 0.25) is 0 Å². The van der Waals surface area contributed by atoms with E-state index in [2.05, 4.69) is 23.8 Å². The van der Waals surface area contributed by atoms with Crippen LogP contribution in [0.1, 0.15) is 55.8 Å². The van der Waals surface area contributed by atoms with Crippen LogP contribution in [0.3, 0.4) is 0 Å². The minimum absolute atomic E-state index is 0.136. The zero-order valence-corrected chi connectivity index (χ0v) is 15.5. The smallest absolute Gasteiger partial charge is 0.302 e. The Balaban J connectivity index is 2.20. The lowest BCUT2D eigenvalue weighted by Gasteiger charge is -2.24. The van der Waals surface area contributed by atoms with Crippen LogP contribution < -0.4 is 11.5 Å². The number of primary amides is 1. The van der Waals surface area contributed by atoms with Gasteiger partial charge in [-0.3, -0.25) is 9.59 Å². The maximum atomic E-state index is 11.9. The van der Waals surface area contributed by atoms with Gasteiger partial charge in [0, 0.05) is 13.1 Å². The van der Waals surface area contributed by atoms with E-state index in [9.17, 15) is 9.59 Å². The summed E-state index contributed by atoms with van der Waals surface area (Å²) in [6.07, 6.45) is 3.17. The van der Waals surface area contributed by atoms with E-state index in [1.54, 1.807) is 13.1 Å². The highest BCUT2D eigenvalue weighted by Crippen LogP contribution is 2.44. The molecule has 1 fully saturated rings. The highest BCUT2D eigenvalue weighted by Gasteiger charge is 2.44. The number of nitrogens with zero attached hydrogens (tertiary/aromatic N) is 3. The summed E-state index contributed by atoms with van der Waals surface area (Å²) in [5.74, 6) is 0.424. The number of aryl methyl sites for hydroxylation is 1. The van der Waals surface area contributed by atoms with Gasteiger partial charge in [0.2, 0.25) is 0 Å². The maximum Gasteiger partial charge on any atom is 0.302 e. The molecule has 0 aromatic carbocycles. The van der Waals surface area contributed by atoms with E-state index < -0.39 is 5.91 Å². The van der Waals surface area contributed by atoms with E-state index in [0.717, 1.165) is 12.8 Å². The first-order chi connectivity index (χ1) is 12.2. The SMILES string of the molecule is CC[C@H]1C[C@@H](n2cc(C(N)=O)c3c(N)nc(C)nc32)[C@H](OC(C)=O)[C@@H]1C. The van der Waals surface area contributed by atoms with Gasteiger partial charge in [-0.05, 0) is 25.2 Å². The number of ether oxygens (including phenoxy) is 1. The first-order valence-corrected chi connectivity index (χ1v) is 8.86. The van der Waals surface area contributed by atoms with Gasteiger partial charge in [0.05, 0.1) is 17.0 Å². The summed E-state index contributed by atoms with van der Waals surface area (Å²) >= 11 is 0. The Hall–Kier alpha value is -2.64. The highest BCUT2D eigenvalue weighted by atomic mass is 16.5. The van der Waals surface area contributed by atoms with Crippen LogP contribution in [-0.4, -0.2) is 32.5 Å². The largest absolute Gasteiger partial charge is 0.460 e. The third-order valence-corrected chi connectivity index (χ3v) is 5.45. The van der Waals surface area contributed by atoms with Gasteiger partial charge in [0.25, 0.3) is 5.91 Å². The van der Waals surface area contributed by atoms with E-state index in [1.807, 2.05) is 4.57 Å². The molecule has 2 aromatic heterocycles. The molecule has 1 saturated carbocycles. The molecule has 0 saturated heterocycles. The van der Waals surface area contributed by atoms with Crippen molar-refractivity contribution in [3.8, 4) is 0 Å². The van der Waals surface area contributed by atoms with E-state index in [-0.39, 0.29) is 35.4 Å². The molecule has 4 atom stereocenters. The summed E-state index contributed by atoms with van der Waals surface area (Å²) in [5.41, 5.74) is 12.4. The molecule has 3 rings (SSSR count). The number of esters is 1. The topological polar surface area (TPSA) is 126 Å². The van der Waals surface area contributed by atoms with Crippen LogP contribution in [0.25, 0.3) is 11.0 Å². The van der Waals surface area contributed by atoms with Crippen molar-refractivity contribution >= 4 is 28.7 Å². The van der Waals surface area contributed by atoms with Crippen LogP contribution >= 0.6 is 0 Å². The number of fused-ring (bicyclic) bond motifs is 1. The van der Waals surface area contributed by atoms with Crippen molar-refractivity contribution < 1.29 is 14.3 Å². The summed E-state index contributed by atoms with van der Waals surface area (Å²) < 4.78 is 7.54. The minimum atomic E-state index is -0.588. The Morgan fingerprint density at radius 2 is 2.08 bits per heavy atom. The molecule has 8 nitrogen and oxygen atoms in total. The molecule has 8 heteroatoms. The predicted octanol–water partition coefficient (Wildman–Crippen LogP) is 1.96. The molecule has 26 heavy (non-hydrogen) atoms. The van der Waals surface area contributed by atoms with Crippen molar-refractivity contribution in [2.75, 3.05) is 5.73 Å². The number of carbonyl (C=O) groups excluding carboxylic acids is 2. The molecule has 0 spiro atoms. The number of hydrogen-bond donors (Lipinski definition) is 2. The molecule has 1 aliphatic rings. The van der Waals surface area contributed by atoms with Crippen LogP contribution in [0, 0.1) is 18.8 Å². The molecular weight excluding hydrogens is 334 g/mol. The van der Waals surface area contributed by atoms with Gasteiger partial charge < -0.3 is 20.8 Å². The predicted molar refractivity (Wildman–Crippen MR) is 97.3 cm³/mol. The summed E-state index contributed by atoms with van der Waals surface area (Å²) in [4.78, 5) is 32.2. The molecule has 0 unspecified atom stereocenters. The number of anilines is 1. The average Bonchev–Trinajstić information content (AvgIpc) is 3.06. The van der Waals surface area contributed by atoms with Gasteiger partial charge in [-0.15, -0.1) is 0 Å². The summed E-state index contributed by atoms with van der Waals surface area (Å²) in [7, 11) is 0. The second-order valence-electron chi connectivity index (χ2n) is 7.07. The lowest BCUT2D eigenvalue weighted by atomic mass is 9.95. The number of amides is 1. The van der Waals surface area contributed by atoms with Crippen LogP contribution in [0.15, 0.2) is 6.20 Å². The van der Waals surface area contributed by atoms with E-state index in [0.29, 0.717) is 22.8 Å². The number of rotatable bonds is 4. The van der Waals surface area contributed by atoms with Gasteiger partial charge in [0.15, 0.2) is 0 Å². The lowest BCUT2D eigenvalue weighted by Crippen LogP contribution is -2.28. The van der Waals surface area contributed by atoms with Crippen molar-refractivity contribution in [3.63, 3.8) is 0 Å². The standard InChI is InChI=1S/C18H25N5O3/c1-5-11-6-13(15(8(11)2)26-10(4)24)23-7-12(17(20)25)14-16(19)21-9(3)22-18(14)23/h7-8,11,13,15H,5-6H2,1-4H3,(H2,20,25)(H2,19,21,22)/t8-,11+,13-,15-/m1/s1. The van der Waals surface area contributed by atoms with E-state index >= 15 is 0 Å². The molecular formula is C18H25N5O3. The van der Waals surface area contributed by atoms with Crippen LogP contribution in [0.4, 0.5) is 5.82 Å². The third kappa shape index (κ3) is 2.89. The first-order valence-electron chi connectivity index (χ1n) is 8.86. The Kier molecular flexibility index (Phi) is 4.60. The Labute approximate surface area is 151 Å². The second kappa shape index (κ2) is 6.59. The number of carbonyl (C=O) groups is 2. The number of nitrogens with two attached hydrogens (primary N) is 2. The Bertz CT molecular complexity index is 875. The van der Waals surface area contributed by atoms with Crippen LogP contribution in [-0.2, 0) is 9.53 Å². The normalized spacial score (nSPS) is 25.5. The van der Waals surface area contributed by atoms with Gasteiger partial charge in [-0.25, -0.2) is 9.97 Å². The Morgan fingerprint density at radius 1 is 1.38 bits per heavy atom. The van der Waals surface area contributed by atoms with Crippen molar-refractivity contribution in [2.45, 2.75) is 52.7 Å². The number of aromatic nitrogens is 3. The first kappa shape index (κ1) is 18.2. The van der Waals surface area contributed by atoms with Gasteiger partial charge in [-0.1, -0.05) is 20.3 Å². The molecule has 1 amide bonds. The monoisotopic (exact) mass is 359 g/mol. The zero-order valence-electron chi connectivity index (χ0n) is 15.5. The van der Waals surface area contributed by atoms with Crippen molar-refractivity contribution in [3.05, 3.63) is 17.6 Å². The Morgan fingerprint density at radius 3 is 2.65 bits per heavy atom. The van der Waals surface area contributed by atoms with Gasteiger partial charge in [-0.2, -0.15) is 0 Å². The minimum Gasteiger partial charge on any atom is -0.460 e. The van der Waals surface area contributed by atoms with E-state index in [4.69, 9.17) is 16.2 Å². The van der Waals surface area contributed by atoms with E-state index in [1.165, 1.54) is 6.92 Å². The fraction of sp³-hybridized carbons (Fsp3) is 0.556. The molecule has 140 valence electrons.